The minimum Gasteiger partial charge on any atom is -0.381 e. The minimum absolute atomic E-state index is 0. The topological polar surface area (TPSA) is 27.7 Å². The Morgan fingerprint density at radius 3 is 2.47 bits per heavy atom. The second-order valence-electron chi connectivity index (χ2n) is 6.04. The first-order valence-corrected chi connectivity index (χ1v) is 7.67. The summed E-state index contributed by atoms with van der Waals surface area (Å²) in [6.45, 7) is 10.7. The highest BCUT2D eigenvalue weighted by molar-refractivity contribution is 5.85. The van der Waals surface area contributed by atoms with Crippen molar-refractivity contribution in [1.82, 2.24) is 15.1 Å². The van der Waals surface area contributed by atoms with Gasteiger partial charge in [-0.25, -0.2) is 0 Å². The van der Waals surface area contributed by atoms with Gasteiger partial charge in [-0.2, -0.15) is 0 Å². The molecule has 0 aromatic carbocycles. The zero-order chi connectivity index (χ0) is 12.2. The van der Waals surface area contributed by atoms with Crippen molar-refractivity contribution in [3.8, 4) is 0 Å². The largest absolute Gasteiger partial charge is 0.381 e. The first-order valence-electron chi connectivity index (χ1n) is 7.67. The van der Waals surface area contributed by atoms with Crippen molar-refractivity contribution in [2.24, 2.45) is 5.92 Å². The number of ether oxygens (including phenoxy) is 1. The Morgan fingerprint density at radius 1 is 1.00 bits per heavy atom. The fraction of sp³-hybridized carbons (Fsp3) is 1.00. The summed E-state index contributed by atoms with van der Waals surface area (Å²) < 4.78 is 5.45. The summed E-state index contributed by atoms with van der Waals surface area (Å²) in [4.78, 5) is 5.39. The monoisotopic (exact) mass is 289 g/mol. The molecule has 3 fully saturated rings. The number of rotatable bonds is 3. The summed E-state index contributed by atoms with van der Waals surface area (Å²) in [7, 11) is 0. The predicted octanol–water partition coefficient (Wildman–Crippen LogP) is 0.814. The van der Waals surface area contributed by atoms with Gasteiger partial charge in [-0.15, -0.1) is 12.4 Å². The molecule has 3 rings (SSSR count). The van der Waals surface area contributed by atoms with Crippen LogP contribution in [0.1, 0.15) is 19.3 Å². The lowest BCUT2D eigenvalue weighted by atomic mass is 10.00. The second-order valence-corrected chi connectivity index (χ2v) is 6.04. The van der Waals surface area contributed by atoms with Crippen LogP contribution in [-0.2, 0) is 4.74 Å². The summed E-state index contributed by atoms with van der Waals surface area (Å²) in [6, 6.07) is 0.826. The van der Waals surface area contributed by atoms with Crippen LogP contribution in [0.2, 0.25) is 0 Å². The first-order chi connectivity index (χ1) is 8.92. The molecule has 0 aromatic rings. The molecule has 3 heterocycles. The standard InChI is InChI=1S/C14H27N3O.ClH/c1-6-16(11-13-2-9-18-10-3-13)12-14(1)17-7-4-15-5-8-17;/h13-15H,1-12H2;1H. The Kier molecular flexibility index (Phi) is 6.36. The highest BCUT2D eigenvalue weighted by atomic mass is 35.5. The van der Waals surface area contributed by atoms with E-state index in [9.17, 15) is 0 Å². The van der Waals surface area contributed by atoms with Crippen molar-refractivity contribution >= 4 is 12.4 Å². The van der Waals surface area contributed by atoms with Crippen LogP contribution >= 0.6 is 12.4 Å². The van der Waals surface area contributed by atoms with E-state index in [-0.39, 0.29) is 12.4 Å². The van der Waals surface area contributed by atoms with Crippen LogP contribution < -0.4 is 5.32 Å². The maximum Gasteiger partial charge on any atom is 0.0469 e. The Hall–Kier alpha value is 0.130. The zero-order valence-corrected chi connectivity index (χ0v) is 12.7. The first kappa shape index (κ1) is 15.5. The normalized spacial score (nSPS) is 31.3. The molecule has 1 unspecified atom stereocenters. The molecule has 0 radical (unpaired) electrons. The van der Waals surface area contributed by atoms with Crippen molar-refractivity contribution in [2.45, 2.75) is 25.3 Å². The van der Waals surface area contributed by atoms with E-state index in [4.69, 9.17) is 4.74 Å². The molecule has 19 heavy (non-hydrogen) atoms. The van der Waals surface area contributed by atoms with E-state index in [2.05, 4.69) is 15.1 Å². The Labute approximate surface area is 123 Å². The Bertz CT molecular complexity index is 255. The highest BCUT2D eigenvalue weighted by Gasteiger charge is 2.29. The van der Waals surface area contributed by atoms with E-state index in [1.54, 1.807) is 0 Å². The van der Waals surface area contributed by atoms with E-state index >= 15 is 0 Å². The molecule has 4 nitrogen and oxygen atoms in total. The van der Waals surface area contributed by atoms with Crippen LogP contribution in [0.5, 0.6) is 0 Å². The van der Waals surface area contributed by atoms with Gasteiger partial charge in [0.1, 0.15) is 0 Å². The lowest BCUT2D eigenvalue weighted by molar-refractivity contribution is 0.0542. The van der Waals surface area contributed by atoms with Crippen molar-refractivity contribution in [3.63, 3.8) is 0 Å². The van der Waals surface area contributed by atoms with Crippen LogP contribution in [0.25, 0.3) is 0 Å². The molecule has 0 saturated carbocycles. The molecule has 1 N–H and O–H groups in total. The van der Waals surface area contributed by atoms with Crippen LogP contribution in [0.3, 0.4) is 0 Å². The van der Waals surface area contributed by atoms with Gasteiger partial charge in [0.25, 0.3) is 0 Å². The van der Waals surface area contributed by atoms with Gasteiger partial charge in [-0.05, 0) is 31.7 Å². The van der Waals surface area contributed by atoms with Crippen molar-refractivity contribution < 1.29 is 4.74 Å². The molecule has 3 saturated heterocycles. The molecule has 3 aliphatic rings. The molecule has 3 aliphatic heterocycles. The Balaban J connectivity index is 0.00000133. The van der Waals surface area contributed by atoms with Gasteiger partial charge in [-0.3, -0.25) is 4.90 Å². The van der Waals surface area contributed by atoms with Crippen molar-refractivity contribution in [1.29, 1.82) is 0 Å². The zero-order valence-electron chi connectivity index (χ0n) is 11.9. The summed E-state index contributed by atoms with van der Waals surface area (Å²) >= 11 is 0. The Morgan fingerprint density at radius 2 is 1.74 bits per heavy atom. The molecule has 112 valence electrons. The number of nitrogens with zero attached hydrogens (tertiary/aromatic N) is 2. The average molecular weight is 290 g/mol. The number of likely N-dealkylation sites (tertiary alicyclic amines) is 1. The maximum atomic E-state index is 5.45. The van der Waals surface area contributed by atoms with Gasteiger partial charge >= 0.3 is 0 Å². The minimum atomic E-state index is 0. The predicted molar refractivity (Wildman–Crippen MR) is 80.1 cm³/mol. The highest BCUT2D eigenvalue weighted by Crippen LogP contribution is 2.21. The van der Waals surface area contributed by atoms with Crippen LogP contribution in [0.15, 0.2) is 0 Å². The maximum absolute atomic E-state index is 5.45. The van der Waals surface area contributed by atoms with E-state index in [0.717, 1.165) is 25.2 Å². The van der Waals surface area contributed by atoms with E-state index in [0.29, 0.717) is 0 Å². The second kappa shape index (κ2) is 7.79. The van der Waals surface area contributed by atoms with E-state index in [1.807, 2.05) is 0 Å². The van der Waals surface area contributed by atoms with E-state index < -0.39 is 0 Å². The molecular formula is C14H28ClN3O. The molecule has 0 aliphatic carbocycles. The van der Waals surface area contributed by atoms with Gasteiger partial charge in [0.05, 0.1) is 0 Å². The summed E-state index contributed by atoms with van der Waals surface area (Å²) in [5.74, 6) is 0.889. The summed E-state index contributed by atoms with van der Waals surface area (Å²) in [5, 5.41) is 3.45. The molecule has 0 aromatic heterocycles. The molecule has 5 heteroatoms. The van der Waals surface area contributed by atoms with Crippen LogP contribution in [-0.4, -0.2) is 74.9 Å². The third-order valence-corrected chi connectivity index (χ3v) is 4.77. The molecule has 0 bridgehead atoms. The number of hydrogen-bond donors (Lipinski definition) is 1. The van der Waals surface area contributed by atoms with Crippen LogP contribution in [0.4, 0.5) is 0 Å². The fourth-order valence-electron chi connectivity index (χ4n) is 3.62. The third kappa shape index (κ3) is 4.30. The smallest absolute Gasteiger partial charge is 0.0469 e. The van der Waals surface area contributed by atoms with Crippen LogP contribution in [0, 0.1) is 5.92 Å². The molecular weight excluding hydrogens is 262 g/mol. The quantitative estimate of drug-likeness (QED) is 0.832. The summed E-state index contributed by atoms with van der Waals surface area (Å²) in [6.07, 6.45) is 3.92. The molecule has 0 spiro atoms. The van der Waals surface area contributed by atoms with Gasteiger partial charge in [0, 0.05) is 58.5 Å². The SMILES string of the molecule is C1CN(C2CCN(CC3CCOCC3)C2)CCN1.Cl. The van der Waals surface area contributed by atoms with Gasteiger partial charge in [-0.1, -0.05) is 0 Å². The lowest BCUT2D eigenvalue weighted by Crippen LogP contribution is -2.49. The average Bonchev–Trinajstić information content (AvgIpc) is 2.89. The number of halogens is 1. The summed E-state index contributed by atoms with van der Waals surface area (Å²) in [5.41, 5.74) is 0. The van der Waals surface area contributed by atoms with Gasteiger partial charge in [0.2, 0.25) is 0 Å². The number of nitrogens with one attached hydrogen (secondary N) is 1. The van der Waals surface area contributed by atoms with Gasteiger partial charge in [0.15, 0.2) is 0 Å². The van der Waals surface area contributed by atoms with E-state index in [1.165, 1.54) is 65.1 Å². The van der Waals surface area contributed by atoms with Crippen molar-refractivity contribution in [2.75, 3.05) is 59.0 Å². The number of piperazine rings is 1. The fourth-order valence-corrected chi connectivity index (χ4v) is 3.62. The van der Waals surface area contributed by atoms with Gasteiger partial charge < -0.3 is 15.0 Å². The lowest BCUT2D eigenvalue weighted by Gasteiger charge is -2.33. The third-order valence-electron chi connectivity index (χ3n) is 4.77. The molecule has 0 amide bonds. The molecule has 1 atom stereocenters. The van der Waals surface area contributed by atoms with Crippen molar-refractivity contribution in [3.05, 3.63) is 0 Å². The number of hydrogen-bond acceptors (Lipinski definition) is 4.